The van der Waals surface area contributed by atoms with Crippen molar-refractivity contribution in [3.63, 3.8) is 0 Å². The predicted molar refractivity (Wildman–Crippen MR) is 55.2 cm³/mol. The number of alkyl halides is 3. The summed E-state index contributed by atoms with van der Waals surface area (Å²) in [4.78, 5) is 1.12. The molecule has 0 fully saturated rings. The number of para-hydroxylation sites is 1. The van der Waals surface area contributed by atoms with Crippen LogP contribution in [-0.4, -0.2) is 29.8 Å². The van der Waals surface area contributed by atoms with Gasteiger partial charge in [0.1, 0.15) is 5.75 Å². The third kappa shape index (κ3) is 3.73. The van der Waals surface area contributed by atoms with E-state index in [1.165, 1.54) is 7.05 Å². The van der Waals surface area contributed by atoms with Crippen molar-refractivity contribution < 1.29 is 18.3 Å². The van der Waals surface area contributed by atoms with Crippen molar-refractivity contribution >= 4 is 0 Å². The van der Waals surface area contributed by atoms with Crippen molar-refractivity contribution in [1.82, 2.24) is 4.90 Å². The van der Waals surface area contributed by atoms with E-state index in [2.05, 4.69) is 0 Å². The third-order valence-electron chi connectivity index (χ3n) is 2.21. The molecule has 0 atom stereocenters. The molecule has 90 valence electrons. The molecule has 1 rings (SSSR count). The molecule has 2 nitrogen and oxygen atoms in total. The molecule has 0 aliphatic heterocycles. The quantitative estimate of drug-likeness (QED) is 0.867. The molecule has 0 aliphatic rings. The Morgan fingerprint density at radius 3 is 2.50 bits per heavy atom. The van der Waals surface area contributed by atoms with Gasteiger partial charge in [-0.3, -0.25) is 4.90 Å². The van der Waals surface area contributed by atoms with Crippen LogP contribution in [-0.2, 0) is 6.54 Å². The molecule has 0 aliphatic carbocycles. The molecule has 1 aromatic rings. The number of phenols is 1. The van der Waals surface area contributed by atoms with Gasteiger partial charge in [0.05, 0.1) is 6.54 Å². The summed E-state index contributed by atoms with van der Waals surface area (Å²) < 4.78 is 36.3. The molecule has 0 saturated heterocycles. The summed E-state index contributed by atoms with van der Waals surface area (Å²) in [6.45, 7) is 0.802. The number of hydrogen-bond donors (Lipinski definition) is 1. The number of benzene rings is 1. The molecule has 16 heavy (non-hydrogen) atoms. The second-order valence-electron chi connectivity index (χ2n) is 3.87. The van der Waals surface area contributed by atoms with E-state index in [0.29, 0.717) is 11.1 Å². The van der Waals surface area contributed by atoms with Crippen molar-refractivity contribution in [3.05, 3.63) is 29.3 Å². The molecule has 1 aromatic carbocycles. The first-order valence-corrected chi connectivity index (χ1v) is 4.82. The van der Waals surface area contributed by atoms with E-state index in [-0.39, 0.29) is 12.3 Å². The Morgan fingerprint density at radius 1 is 1.31 bits per heavy atom. The van der Waals surface area contributed by atoms with E-state index in [4.69, 9.17) is 0 Å². The molecule has 0 radical (unpaired) electrons. The van der Waals surface area contributed by atoms with E-state index in [1.807, 2.05) is 0 Å². The molecular formula is C11H14F3NO. The van der Waals surface area contributed by atoms with E-state index in [1.54, 1.807) is 25.1 Å². The largest absolute Gasteiger partial charge is 0.507 e. The van der Waals surface area contributed by atoms with E-state index in [9.17, 15) is 18.3 Å². The number of phenolic OH excluding ortho intramolecular Hbond substituents is 1. The van der Waals surface area contributed by atoms with Crippen LogP contribution in [0.25, 0.3) is 0 Å². The monoisotopic (exact) mass is 233 g/mol. The van der Waals surface area contributed by atoms with Crippen LogP contribution in [0, 0.1) is 6.92 Å². The van der Waals surface area contributed by atoms with Crippen LogP contribution in [0.2, 0.25) is 0 Å². The maximum absolute atomic E-state index is 12.1. The number of aromatic hydroxyl groups is 1. The predicted octanol–water partition coefficient (Wildman–Crippen LogP) is 2.69. The lowest BCUT2D eigenvalue weighted by atomic mass is 10.1. The Balaban J connectivity index is 2.70. The number of rotatable bonds is 3. The van der Waals surface area contributed by atoms with Gasteiger partial charge in [-0.2, -0.15) is 13.2 Å². The third-order valence-corrected chi connectivity index (χ3v) is 2.21. The normalized spacial score (nSPS) is 12.1. The van der Waals surface area contributed by atoms with E-state index in [0.717, 1.165) is 4.90 Å². The van der Waals surface area contributed by atoms with Gasteiger partial charge in [0, 0.05) is 12.1 Å². The van der Waals surface area contributed by atoms with Gasteiger partial charge in [0.15, 0.2) is 0 Å². The number of aryl methyl sites for hydroxylation is 1. The lowest BCUT2D eigenvalue weighted by Gasteiger charge is -2.19. The Morgan fingerprint density at radius 2 is 1.94 bits per heavy atom. The Kier molecular flexibility index (Phi) is 3.80. The average molecular weight is 233 g/mol. The minimum absolute atomic E-state index is 0.0662. The molecule has 0 spiro atoms. The summed E-state index contributed by atoms with van der Waals surface area (Å²) in [7, 11) is 1.37. The van der Waals surface area contributed by atoms with Gasteiger partial charge in [-0.15, -0.1) is 0 Å². The first kappa shape index (κ1) is 12.8. The minimum Gasteiger partial charge on any atom is -0.507 e. The molecular weight excluding hydrogens is 219 g/mol. The fraction of sp³-hybridized carbons (Fsp3) is 0.455. The highest BCUT2D eigenvalue weighted by Gasteiger charge is 2.29. The van der Waals surface area contributed by atoms with E-state index >= 15 is 0 Å². The van der Waals surface area contributed by atoms with Crippen molar-refractivity contribution in [2.75, 3.05) is 13.6 Å². The topological polar surface area (TPSA) is 23.5 Å². The highest BCUT2D eigenvalue weighted by atomic mass is 19.4. The fourth-order valence-electron chi connectivity index (χ4n) is 1.50. The summed E-state index contributed by atoms with van der Waals surface area (Å²) in [5.74, 6) is 0.0662. The fourth-order valence-corrected chi connectivity index (χ4v) is 1.50. The van der Waals surface area contributed by atoms with E-state index < -0.39 is 12.7 Å². The summed E-state index contributed by atoms with van der Waals surface area (Å²) in [6.07, 6.45) is -4.21. The van der Waals surface area contributed by atoms with Gasteiger partial charge >= 0.3 is 6.18 Å². The Bertz CT molecular complexity index is 363. The van der Waals surface area contributed by atoms with Crippen LogP contribution in [0.15, 0.2) is 18.2 Å². The van der Waals surface area contributed by atoms with Gasteiger partial charge in [0.2, 0.25) is 0 Å². The molecule has 0 heterocycles. The van der Waals surface area contributed by atoms with Crippen molar-refractivity contribution in [2.24, 2.45) is 0 Å². The number of nitrogens with zero attached hydrogens (tertiary/aromatic N) is 1. The van der Waals surface area contributed by atoms with Gasteiger partial charge in [-0.05, 0) is 19.5 Å². The van der Waals surface area contributed by atoms with Crippen molar-refractivity contribution in [2.45, 2.75) is 19.6 Å². The van der Waals surface area contributed by atoms with Crippen LogP contribution >= 0.6 is 0 Å². The van der Waals surface area contributed by atoms with Gasteiger partial charge in [-0.25, -0.2) is 0 Å². The lowest BCUT2D eigenvalue weighted by molar-refractivity contribution is -0.144. The summed E-state index contributed by atoms with van der Waals surface area (Å²) in [5, 5.41) is 9.64. The highest BCUT2D eigenvalue weighted by molar-refractivity contribution is 5.39. The average Bonchev–Trinajstić information content (AvgIpc) is 2.09. The summed E-state index contributed by atoms with van der Waals surface area (Å²) in [6, 6.07) is 5.05. The second kappa shape index (κ2) is 4.74. The maximum Gasteiger partial charge on any atom is 0.401 e. The highest BCUT2D eigenvalue weighted by Crippen LogP contribution is 2.24. The van der Waals surface area contributed by atoms with Crippen molar-refractivity contribution in [1.29, 1.82) is 0 Å². The maximum atomic E-state index is 12.1. The zero-order chi connectivity index (χ0) is 12.3. The lowest BCUT2D eigenvalue weighted by Crippen LogP contribution is -2.30. The number of hydrogen-bond acceptors (Lipinski definition) is 2. The molecule has 5 heteroatoms. The zero-order valence-electron chi connectivity index (χ0n) is 9.17. The molecule has 0 aromatic heterocycles. The van der Waals surface area contributed by atoms with Crippen LogP contribution in [0.4, 0.5) is 13.2 Å². The first-order chi connectivity index (χ1) is 7.29. The van der Waals surface area contributed by atoms with Gasteiger partial charge < -0.3 is 5.11 Å². The molecule has 1 N–H and O–H groups in total. The minimum atomic E-state index is -4.21. The van der Waals surface area contributed by atoms with Gasteiger partial charge in [-0.1, -0.05) is 18.2 Å². The number of halogens is 3. The second-order valence-corrected chi connectivity index (χ2v) is 3.87. The van der Waals surface area contributed by atoms with Crippen LogP contribution < -0.4 is 0 Å². The smallest absolute Gasteiger partial charge is 0.401 e. The summed E-state index contributed by atoms with van der Waals surface area (Å²) >= 11 is 0. The molecule has 0 bridgehead atoms. The van der Waals surface area contributed by atoms with Crippen LogP contribution in [0.3, 0.4) is 0 Å². The molecule has 0 amide bonds. The van der Waals surface area contributed by atoms with Crippen LogP contribution in [0.1, 0.15) is 11.1 Å². The summed E-state index contributed by atoms with van der Waals surface area (Å²) in [5.41, 5.74) is 1.17. The zero-order valence-corrected chi connectivity index (χ0v) is 9.17. The van der Waals surface area contributed by atoms with Gasteiger partial charge in [0.25, 0.3) is 0 Å². The first-order valence-electron chi connectivity index (χ1n) is 4.82. The van der Waals surface area contributed by atoms with Crippen molar-refractivity contribution in [3.8, 4) is 5.75 Å². The van der Waals surface area contributed by atoms with Crippen LogP contribution in [0.5, 0.6) is 5.75 Å². The molecule has 0 saturated carbocycles. The Labute approximate surface area is 92.3 Å². The standard InChI is InChI=1S/C11H14F3NO/c1-8-4-3-5-9(10(8)16)6-15(2)7-11(12,13)14/h3-5,16H,6-7H2,1-2H3. The SMILES string of the molecule is Cc1cccc(CN(C)CC(F)(F)F)c1O. The Hall–Kier alpha value is -1.23. The molecule has 0 unspecified atom stereocenters.